The molecule has 0 spiro atoms. The first-order valence-corrected chi connectivity index (χ1v) is 10.3. The highest BCUT2D eigenvalue weighted by Crippen LogP contribution is 2.32. The van der Waals surface area contributed by atoms with Crippen LogP contribution in [-0.4, -0.2) is 34.2 Å². The Morgan fingerprint density at radius 3 is 2.56 bits per heavy atom. The minimum Gasteiger partial charge on any atom is -0.489 e. The summed E-state index contributed by atoms with van der Waals surface area (Å²) in [6, 6.07) is 11.1. The van der Waals surface area contributed by atoms with Gasteiger partial charge in [-0.3, -0.25) is 9.48 Å². The lowest BCUT2D eigenvalue weighted by atomic mass is 10.0. The van der Waals surface area contributed by atoms with Crippen LogP contribution in [0.2, 0.25) is 5.15 Å². The van der Waals surface area contributed by atoms with Crippen molar-refractivity contribution in [3.8, 4) is 17.0 Å². The van der Waals surface area contributed by atoms with Gasteiger partial charge in [-0.25, -0.2) is 14.8 Å². The highest BCUT2D eigenvalue weighted by Gasteiger charge is 2.28. The van der Waals surface area contributed by atoms with Crippen LogP contribution in [0.15, 0.2) is 36.4 Å². The van der Waals surface area contributed by atoms with E-state index in [0.717, 1.165) is 22.3 Å². The Kier molecular flexibility index (Phi) is 5.88. The lowest BCUT2D eigenvalue weighted by Gasteiger charge is -2.20. The first-order chi connectivity index (χ1) is 15.3. The second-order valence-corrected chi connectivity index (χ2v) is 7.89. The normalized spacial score (nSPS) is 13.7. The van der Waals surface area contributed by atoms with E-state index in [-0.39, 0.29) is 12.6 Å². The van der Waals surface area contributed by atoms with Gasteiger partial charge in [0.05, 0.1) is 11.3 Å². The minimum atomic E-state index is -0.225. The Bertz CT molecular complexity index is 1210. The summed E-state index contributed by atoms with van der Waals surface area (Å²) in [5, 5.41) is 7.44. The molecule has 1 aromatic heterocycles. The topological polar surface area (TPSA) is 91.7 Å². The van der Waals surface area contributed by atoms with Gasteiger partial charge in [0.25, 0.3) is 0 Å². The van der Waals surface area contributed by atoms with Gasteiger partial charge < -0.3 is 4.74 Å². The number of hydrazine groups is 3. The van der Waals surface area contributed by atoms with Gasteiger partial charge in [0.2, 0.25) is 0 Å². The zero-order chi connectivity index (χ0) is 23.0. The van der Waals surface area contributed by atoms with E-state index in [2.05, 4.69) is 16.2 Å². The van der Waals surface area contributed by atoms with Crippen LogP contribution in [-0.2, 0) is 13.7 Å². The van der Waals surface area contributed by atoms with Gasteiger partial charge >= 0.3 is 6.03 Å². The molecule has 1 aliphatic rings. The van der Waals surface area contributed by atoms with Gasteiger partial charge in [0.1, 0.15) is 23.2 Å². The van der Waals surface area contributed by atoms with Crippen LogP contribution in [0.1, 0.15) is 27.0 Å². The molecule has 2 N–H and O–H groups in total. The van der Waals surface area contributed by atoms with Crippen LogP contribution in [0.5, 0.6) is 5.75 Å². The number of carbonyl (C=O) groups is 2. The summed E-state index contributed by atoms with van der Waals surface area (Å²) >= 11 is 6.16. The predicted octanol–water partition coefficient (Wildman–Crippen LogP) is 3.54. The zero-order valence-corrected chi connectivity index (χ0v) is 18.9. The Morgan fingerprint density at radius 2 is 1.91 bits per heavy atom. The molecule has 9 nitrogen and oxygen atoms in total. The van der Waals surface area contributed by atoms with Crippen LogP contribution in [0, 0.1) is 13.8 Å². The molecule has 32 heavy (non-hydrogen) atoms. The molecule has 1 aliphatic heterocycles. The molecule has 0 saturated carbocycles. The number of amides is 2. The summed E-state index contributed by atoms with van der Waals surface area (Å²) in [7, 11) is 3.33. The predicted molar refractivity (Wildman–Crippen MR) is 121 cm³/mol. The Hall–Kier alpha value is -3.40. The molecule has 1 saturated heterocycles. The molecule has 3 aromatic rings. The van der Waals surface area contributed by atoms with Crippen molar-refractivity contribution in [2.24, 2.45) is 7.05 Å². The first kappa shape index (κ1) is 21.8. The lowest BCUT2D eigenvalue weighted by molar-refractivity contribution is 0.112. The lowest BCUT2D eigenvalue weighted by Crippen LogP contribution is -2.38. The van der Waals surface area contributed by atoms with Crippen molar-refractivity contribution in [3.63, 3.8) is 0 Å². The fraction of sp³-hybridized carbons (Fsp3) is 0.227. The molecule has 10 heteroatoms. The number of anilines is 1. The molecule has 4 rings (SSSR count). The van der Waals surface area contributed by atoms with E-state index in [1.807, 2.05) is 50.2 Å². The molecule has 2 amide bonds. The molecule has 0 aliphatic carbocycles. The first-order valence-electron chi connectivity index (χ1n) is 9.91. The zero-order valence-electron chi connectivity index (χ0n) is 18.1. The smallest absolute Gasteiger partial charge is 0.355 e. The van der Waals surface area contributed by atoms with Gasteiger partial charge in [-0.15, -0.1) is 11.1 Å². The van der Waals surface area contributed by atoms with Gasteiger partial charge in [-0.2, -0.15) is 5.10 Å². The van der Waals surface area contributed by atoms with E-state index >= 15 is 0 Å². The van der Waals surface area contributed by atoms with E-state index in [1.165, 1.54) is 14.7 Å². The Balaban J connectivity index is 1.59. The van der Waals surface area contributed by atoms with Gasteiger partial charge in [-0.1, -0.05) is 23.7 Å². The van der Waals surface area contributed by atoms with Crippen LogP contribution in [0.25, 0.3) is 11.3 Å². The number of hydrogen-bond acceptors (Lipinski definition) is 6. The number of urea groups is 1. The average molecular weight is 455 g/mol. The summed E-state index contributed by atoms with van der Waals surface area (Å²) in [5.74, 6) is 0.689. The average Bonchev–Trinajstić information content (AvgIpc) is 3.26. The molecule has 1 fully saturated rings. The van der Waals surface area contributed by atoms with Crippen molar-refractivity contribution in [3.05, 3.63) is 63.8 Å². The second kappa shape index (κ2) is 8.62. The maximum atomic E-state index is 12.4. The van der Waals surface area contributed by atoms with E-state index < -0.39 is 0 Å². The van der Waals surface area contributed by atoms with Crippen molar-refractivity contribution in [1.82, 2.24) is 25.9 Å². The minimum absolute atomic E-state index is 0.225. The SMILES string of the molecule is Cc1cc(-c2nn(C)c(Cl)c2C=O)ccc1OCc1c(C)cccc1N1NNN(C)C1=O. The van der Waals surface area contributed by atoms with Crippen molar-refractivity contribution in [1.29, 1.82) is 0 Å². The highest BCUT2D eigenvalue weighted by atomic mass is 35.5. The number of carbonyl (C=O) groups excluding carboxylic acids is 2. The largest absolute Gasteiger partial charge is 0.489 e. The fourth-order valence-electron chi connectivity index (χ4n) is 3.56. The van der Waals surface area contributed by atoms with E-state index in [0.29, 0.717) is 34.1 Å². The summed E-state index contributed by atoms with van der Waals surface area (Å²) in [5.41, 5.74) is 10.7. The number of aldehydes is 1. The third-order valence-corrected chi connectivity index (χ3v) is 5.83. The monoisotopic (exact) mass is 454 g/mol. The number of benzene rings is 2. The summed E-state index contributed by atoms with van der Waals surface area (Å²) in [4.78, 5) is 23.9. The molecule has 166 valence electrons. The standard InChI is InChI=1S/C22H23ClN6O3/c1-13-6-5-7-18(29-22(31)28(4)25-26-29)17(13)12-32-19-9-8-15(10-14(19)2)20-16(11-30)21(23)27(3)24-20/h5-11,25-26H,12H2,1-4H3. The Labute approximate surface area is 190 Å². The quantitative estimate of drug-likeness (QED) is 0.553. The number of halogens is 1. The molecule has 0 radical (unpaired) electrons. The van der Waals surface area contributed by atoms with E-state index in [9.17, 15) is 9.59 Å². The number of aryl methyl sites for hydroxylation is 3. The second-order valence-electron chi connectivity index (χ2n) is 7.54. The third kappa shape index (κ3) is 3.81. The Morgan fingerprint density at radius 1 is 1.12 bits per heavy atom. The summed E-state index contributed by atoms with van der Waals surface area (Å²) < 4.78 is 7.59. The maximum Gasteiger partial charge on any atom is 0.355 e. The molecule has 0 atom stereocenters. The van der Waals surface area contributed by atoms with Gasteiger partial charge in [-0.05, 0) is 49.2 Å². The fourth-order valence-corrected chi connectivity index (χ4v) is 3.74. The summed E-state index contributed by atoms with van der Waals surface area (Å²) in [6.45, 7) is 4.17. The van der Waals surface area contributed by atoms with Crippen LogP contribution >= 0.6 is 11.6 Å². The molecule has 2 aromatic carbocycles. The maximum absolute atomic E-state index is 12.4. The van der Waals surface area contributed by atoms with Crippen molar-refractivity contribution in [2.45, 2.75) is 20.5 Å². The van der Waals surface area contributed by atoms with Crippen LogP contribution in [0.3, 0.4) is 0 Å². The molecular weight excluding hydrogens is 432 g/mol. The number of nitrogens with one attached hydrogen (secondary N) is 2. The number of ether oxygens (including phenoxy) is 1. The van der Waals surface area contributed by atoms with Gasteiger partial charge in [0, 0.05) is 25.2 Å². The molecule has 0 unspecified atom stereocenters. The molecule has 0 bridgehead atoms. The van der Waals surface area contributed by atoms with Crippen molar-refractivity contribution < 1.29 is 14.3 Å². The number of rotatable bonds is 6. The number of nitrogens with zero attached hydrogens (tertiary/aromatic N) is 4. The molecular formula is C22H23ClN6O3. The number of aromatic nitrogens is 2. The highest BCUT2D eigenvalue weighted by molar-refractivity contribution is 6.32. The van der Waals surface area contributed by atoms with Crippen LogP contribution < -0.4 is 20.8 Å². The van der Waals surface area contributed by atoms with E-state index in [1.54, 1.807) is 14.1 Å². The molecule has 2 heterocycles. The third-order valence-electron chi connectivity index (χ3n) is 5.38. The van der Waals surface area contributed by atoms with Crippen molar-refractivity contribution in [2.75, 3.05) is 12.1 Å². The number of hydrogen-bond donors (Lipinski definition) is 2. The van der Waals surface area contributed by atoms with Crippen molar-refractivity contribution >= 4 is 29.6 Å². The van der Waals surface area contributed by atoms with Gasteiger partial charge in [0.15, 0.2) is 6.29 Å². The van der Waals surface area contributed by atoms with E-state index in [4.69, 9.17) is 16.3 Å². The van der Waals surface area contributed by atoms with Crippen LogP contribution in [0.4, 0.5) is 10.5 Å². The summed E-state index contributed by atoms with van der Waals surface area (Å²) in [6.07, 6.45) is 0.712.